The number of hydrogen-bond donors (Lipinski definition) is 1. The maximum atomic E-state index is 13.2. The first-order valence-electron chi connectivity index (χ1n) is 5.74. The van der Waals surface area contributed by atoms with E-state index in [0.29, 0.717) is 22.8 Å². The Kier molecular flexibility index (Phi) is 2.70. The second-order valence-electron chi connectivity index (χ2n) is 4.34. The average Bonchev–Trinajstić information content (AvgIpc) is 2.90. The van der Waals surface area contributed by atoms with E-state index in [9.17, 15) is 9.18 Å². The summed E-state index contributed by atoms with van der Waals surface area (Å²) in [5.74, 6) is 0.861. The smallest absolute Gasteiger partial charge is 0.306 e. The van der Waals surface area contributed by atoms with Gasteiger partial charge in [-0.15, -0.1) is 0 Å². The first-order valence-corrected chi connectivity index (χ1v) is 6.78. The standard InChI is InChI=1S/C12H13FN2OS/c13-8-3-4-10-11(6-8)15(12(16)14-10)7-9-2-1-5-17-9/h3-4,6,9H,1-2,5,7H2,(H,14,16). The number of imidazole rings is 1. The zero-order valence-electron chi connectivity index (χ0n) is 9.28. The molecule has 0 saturated carbocycles. The van der Waals surface area contributed by atoms with Gasteiger partial charge in [0.2, 0.25) is 0 Å². The first-order chi connectivity index (χ1) is 8.24. The maximum absolute atomic E-state index is 13.2. The Balaban J connectivity index is 2.04. The van der Waals surface area contributed by atoms with Crippen LogP contribution in [0.3, 0.4) is 0 Å². The third kappa shape index (κ3) is 1.99. The number of halogens is 1. The van der Waals surface area contributed by atoms with Crippen LogP contribution < -0.4 is 5.69 Å². The highest BCUT2D eigenvalue weighted by Crippen LogP contribution is 2.27. The number of H-pyrrole nitrogens is 1. The second-order valence-corrected chi connectivity index (χ2v) is 5.75. The van der Waals surface area contributed by atoms with Gasteiger partial charge in [-0.05, 0) is 36.8 Å². The van der Waals surface area contributed by atoms with Gasteiger partial charge in [0, 0.05) is 11.8 Å². The molecule has 1 aromatic carbocycles. The highest BCUT2D eigenvalue weighted by molar-refractivity contribution is 8.00. The predicted octanol–water partition coefficient (Wildman–Crippen LogP) is 2.36. The van der Waals surface area contributed by atoms with Crippen LogP contribution >= 0.6 is 11.8 Å². The zero-order valence-corrected chi connectivity index (χ0v) is 10.1. The number of thioether (sulfide) groups is 1. The molecule has 3 nitrogen and oxygen atoms in total. The maximum Gasteiger partial charge on any atom is 0.326 e. The monoisotopic (exact) mass is 252 g/mol. The fourth-order valence-electron chi connectivity index (χ4n) is 2.30. The van der Waals surface area contributed by atoms with Crippen LogP contribution in [0, 0.1) is 5.82 Å². The van der Waals surface area contributed by atoms with Crippen molar-refractivity contribution in [3.63, 3.8) is 0 Å². The Hall–Kier alpha value is -1.23. The van der Waals surface area contributed by atoms with Crippen LogP contribution in [0.4, 0.5) is 4.39 Å². The molecular weight excluding hydrogens is 239 g/mol. The van der Waals surface area contributed by atoms with Crippen molar-refractivity contribution in [2.75, 3.05) is 5.75 Å². The molecule has 1 unspecified atom stereocenters. The molecule has 1 aromatic heterocycles. The minimum Gasteiger partial charge on any atom is -0.306 e. The molecule has 2 aromatic rings. The van der Waals surface area contributed by atoms with Gasteiger partial charge < -0.3 is 4.98 Å². The summed E-state index contributed by atoms with van der Waals surface area (Å²) in [6, 6.07) is 4.41. The second kappa shape index (κ2) is 4.22. The molecular formula is C12H13FN2OS. The zero-order chi connectivity index (χ0) is 11.8. The van der Waals surface area contributed by atoms with Gasteiger partial charge in [-0.3, -0.25) is 4.57 Å². The Morgan fingerprint density at radius 2 is 2.41 bits per heavy atom. The summed E-state index contributed by atoms with van der Waals surface area (Å²) in [5.41, 5.74) is 1.24. The molecule has 17 heavy (non-hydrogen) atoms. The van der Waals surface area contributed by atoms with E-state index in [1.54, 1.807) is 10.6 Å². The molecule has 1 saturated heterocycles. The SMILES string of the molecule is O=c1[nH]c2ccc(F)cc2n1CC1CCCS1. The molecule has 1 aliphatic rings. The summed E-state index contributed by atoms with van der Waals surface area (Å²) >= 11 is 1.89. The molecule has 1 fully saturated rings. The molecule has 5 heteroatoms. The van der Waals surface area contributed by atoms with Gasteiger partial charge in [0.15, 0.2) is 0 Å². The minimum absolute atomic E-state index is 0.141. The first kappa shape index (κ1) is 10.9. The fraction of sp³-hybridized carbons (Fsp3) is 0.417. The van der Waals surface area contributed by atoms with E-state index in [-0.39, 0.29) is 11.5 Å². The lowest BCUT2D eigenvalue weighted by Gasteiger charge is -2.09. The Morgan fingerprint density at radius 1 is 1.53 bits per heavy atom. The third-order valence-electron chi connectivity index (χ3n) is 3.15. The summed E-state index contributed by atoms with van der Waals surface area (Å²) < 4.78 is 14.9. The number of aromatic amines is 1. The molecule has 90 valence electrons. The van der Waals surface area contributed by atoms with E-state index in [2.05, 4.69) is 4.98 Å². The summed E-state index contributed by atoms with van der Waals surface area (Å²) in [6.45, 7) is 0.674. The molecule has 0 spiro atoms. The van der Waals surface area contributed by atoms with Gasteiger partial charge in [-0.1, -0.05) is 0 Å². The topological polar surface area (TPSA) is 37.8 Å². The predicted molar refractivity (Wildman–Crippen MR) is 68.0 cm³/mol. The number of nitrogens with zero attached hydrogens (tertiary/aromatic N) is 1. The van der Waals surface area contributed by atoms with Crippen LogP contribution in [0.25, 0.3) is 11.0 Å². The van der Waals surface area contributed by atoms with E-state index < -0.39 is 0 Å². The largest absolute Gasteiger partial charge is 0.326 e. The van der Waals surface area contributed by atoms with Crippen molar-refractivity contribution in [1.82, 2.24) is 9.55 Å². The lowest BCUT2D eigenvalue weighted by Crippen LogP contribution is -2.21. The number of nitrogens with one attached hydrogen (secondary N) is 1. The highest BCUT2D eigenvalue weighted by Gasteiger charge is 2.18. The molecule has 1 N–H and O–H groups in total. The molecule has 0 bridgehead atoms. The van der Waals surface area contributed by atoms with E-state index >= 15 is 0 Å². The number of fused-ring (bicyclic) bond motifs is 1. The summed E-state index contributed by atoms with van der Waals surface area (Å²) in [6.07, 6.45) is 2.35. The van der Waals surface area contributed by atoms with E-state index in [1.807, 2.05) is 11.8 Å². The normalized spacial score (nSPS) is 20.2. The molecule has 1 aliphatic heterocycles. The van der Waals surface area contributed by atoms with E-state index in [1.165, 1.54) is 18.6 Å². The lowest BCUT2D eigenvalue weighted by molar-refractivity contribution is 0.620. The molecule has 2 heterocycles. The van der Waals surface area contributed by atoms with Crippen LogP contribution in [0.15, 0.2) is 23.0 Å². The van der Waals surface area contributed by atoms with E-state index in [4.69, 9.17) is 0 Å². The fourth-order valence-corrected chi connectivity index (χ4v) is 3.55. The van der Waals surface area contributed by atoms with Crippen molar-refractivity contribution in [3.8, 4) is 0 Å². The number of benzene rings is 1. The van der Waals surface area contributed by atoms with Crippen LogP contribution in [0.5, 0.6) is 0 Å². The number of rotatable bonds is 2. The molecule has 0 aliphatic carbocycles. The number of hydrogen-bond acceptors (Lipinski definition) is 2. The van der Waals surface area contributed by atoms with Crippen molar-refractivity contribution >= 4 is 22.8 Å². The molecule has 3 rings (SSSR count). The molecule has 1 atom stereocenters. The van der Waals surface area contributed by atoms with Gasteiger partial charge in [0.1, 0.15) is 5.82 Å². The Labute approximate surface area is 102 Å². The summed E-state index contributed by atoms with van der Waals surface area (Å²) in [5, 5.41) is 0.481. The quantitative estimate of drug-likeness (QED) is 0.891. The third-order valence-corrected chi connectivity index (χ3v) is 4.53. The van der Waals surface area contributed by atoms with Crippen LogP contribution in [-0.2, 0) is 6.54 Å². The van der Waals surface area contributed by atoms with E-state index in [0.717, 1.165) is 12.2 Å². The number of aromatic nitrogens is 2. The van der Waals surface area contributed by atoms with Gasteiger partial charge in [0.25, 0.3) is 0 Å². The van der Waals surface area contributed by atoms with Crippen LogP contribution in [0.1, 0.15) is 12.8 Å². The molecule has 0 amide bonds. The Bertz CT molecular complexity index is 598. The van der Waals surface area contributed by atoms with Gasteiger partial charge in [0.05, 0.1) is 11.0 Å². The summed E-state index contributed by atoms with van der Waals surface area (Å²) in [4.78, 5) is 14.6. The van der Waals surface area contributed by atoms with Crippen LogP contribution in [-0.4, -0.2) is 20.6 Å². The Morgan fingerprint density at radius 3 is 3.18 bits per heavy atom. The van der Waals surface area contributed by atoms with Crippen molar-refractivity contribution in [3.05, 3.63) is 34.5 Å². The minimum atomic E-state index is -0.302. The van der Waals surface area contributed by atoms with Crippen molar-refractivity contribution in [1.29, 1.82) is 0 Å². The van der Waals surface area contributed by atoms with Gasteiger partial charge in [-0.25, -0.2) is 9.18 Å². The van der Waals surface area contributed by atoms with Crippen LogP contribution in [0.2, 0.25) is 0 Å². The van der Waals surface area contributed by atoms with Gasteiger partial charge >= 0.3 is 5.69 Å². The lowest BCUT2D eigenvalue weighted by atomic mass is 10.2. The average molecular weight is 252 g/mol. The van der Waals surface area contributed by atoms with Crippen molar-refractivity contribution in [2.24, 2.45) is 0 Å². The van der Waals surface area contributed by atoms with Crippen molar-refractivity contribution < 1.29 is 4.39 Å². The molecule has 0 radical (unpaired) electrons. The van der Waals surface area contributed by atoms with Gasteiger partial charge in [-0.2, -0.15) is 11.8 Å². The highest BCUT2D eigenvalue weighted by atomic mass is 32.2. The summed E-state index contributed by atoms with van der Waals surface area (Å²) in [7, 11) is 0. The van der Waals surface area contributed by atoms with Crippen molar-refractivity contribution in [2.45, 2.75) is 24.6 Å².